The van der Waals surface area contributed by atoms with Crippen LogP contribution in [0.1, 0.15) is 48.9 Å². The highest BCUT2D eigenvalue weighted by Gasteiger charge is 2.33. The standard InChI is InChI=1S/C16H22N2O/c19-16(14-8-2-1-3-9-14)17-18-12-6-10-13-7-4-5-11-15(13)18/h1-3,8-9,13,15H,4-7,10-12H2,(H,17,19). The van der Waals surface area contributed by atoms with E-state index in [4.69, 9.17) is 0 Å². The number of hydrazine groups is 1. The molecule has 3 nitrogen and oxygen atoms in total. The average molecular weight is 258 g/mol. The molecule has 2 fully saturated rings. The van der Waals surface area contributed by atoms with Gasteiger partial charge in [-0.25, -0.2) is 5.01 Å². The van der Waals surface area contributed by atoms with Crippen molar-refractivity contribution in [3.05, 3.63) is 35.9 Å². The van der Waals surface area contributed by atoms with Crippen LogP contribution >= 0.6 is 0 Å². The van der Waals surface area contributed by atoms with Crippen molar-refractivity contribution in [1.29, 1.82) is 0 Å². The summed E-state index contributed by atoms with van der Waals surface area (Å²) in [6.45, 7) is 1.000. The third-order valence-corrected chi connectivity index (χ3v) is 4.52. The van der Waals surface area contributed by atoms with E-state index in [2.05, 4.69) is 10.4 Å². The molecule has 3 heteroatoms. The van der Waals surface area contributed by atoms with E-state index in [0.29, 0.717) is 6.04 Å². The number of piperidine rings is 1. The number of fused-ring (bicyclic) bond motifs is 1. The quantitative estimate of drug-likeness (QED) is 0.884. The lowest BCUT2D eigenvalue weighted by Gasteiger charge is -2.43. The number of amides is 1. The topological polar surface area (TPSA) is 32.3 Å². The molecule has 3 rings (SSSR count). The second-order valence-corrected chi connectivity index (χ2v) is 5.75. The summed E-state index contributed by atoms with van der Waals surface area (Å²) in [5, 5.41) is 2.21. The molecule has 1 saturated carbocycles. The van der Waals surface area contributed by atoms with Gasteiger partial charge in [-0.2, -0.15) is 0 Å². The van der Waals surface area contributed by atoms with Gasteiger partial charge in [0.05, 0.1) is 0 Å². The Kier molecular flexibility index (Phi) is 3.83. The lowest BCUT2D eigenvalue weighted by atomic mass is 9.79. The number of carbonyl (C=O) groups excluding carboxylic acids is 1. The Bertz CT molecular complexity index is 430. The molecule has 1 aromatic rings. The first-order chi connectivity index (χ1) is 9.34. The molecular weight excluding hydrogens is 236 g/mol. The van der Waals surface area contributed by atoms with Crippen molar-refractivity contribution < 1.29 is 4.79 Å². The van der Waals surface area contributed by atoms with Crippen molar-refractivity contribution >= 4 is 5.91 Å². The Balaban J connectivity index is 1.66. The minimum Gasteiger partial charge on any atom is -0.285 e. The fraction of sp³-hybridized carbons (Fsp3) is 0.562. The van der Waals surface area contributed by atoms with Gasteiger partial charge in [0, 0.05) is 18.2 Å². The summed E-state index contributed by atoms with van der Waals surface area (Å²) >= 11 is 0. The van der Waals surface area contributed by atoms with Crippen LogP contribution in [-0.2, 0) is 0 Å². The van der Waals surface area contributed by atoms with Crippen LogP contribution in [0.15, 0.2) is 30.3 Å². The third kappa shape index (κ3) is 2.81. The van der Waals surface area contributed by atoms with E-state index in [9.17, 15) is 4.79 Å². The zero-order valence-electron chi connectivity index (χ0n) is 11.3. The van der Waals surface area contributed by atoms with Crippen molar-refractivity contribution in [2.45, 2.75) is 44.6 Å². The molecule has 0 aromatic heterocycles. The van der Waals surface area contributed by atoms with Crippen LogP contribution in [0.3, 0.4) is 0 Å². The zero-order valence-corrected chi connectivity index (χ0v) is 11.3. The maximum atomic E-state index is 12.2. The number of benzene rings is 1. The maximum absolute atomic E-state index is 12.2. The summed E-state index contributed by atoms with van der Waals surface area (Å²) in [7, 11) is 0. The molecule has 2 atom stereocenters. The number of carbonyl (C=O) groups is 1. The first kappa shape index (κ1) is 12.7. The Morgan fingerprint density at radius 1 is 1.05 bits per heavy atom. The molecule has 1 N–H and O–H groups in total. The second-order valence-electron chi connectivity index (χ2n) is 5.75. The van der Waals surface area contributed by atoms with Gasteiger partial charge in [0.15, 0.2) is 0 Å². The van der Waals surface area contributed by atoms with E-state index in [-0.39, 0.29) is 5.91 Å². The van der Waals surface area contributed by atoms with E-state index in [1.165, 1.54) is 38.5 Å². The zero-order chi connectivity index (χ0) is 13.1. The Morgan fingerprint density at radius 3 is 2.63 bits per heavy atom. The maximum Gasteiger partial charge on any atom is 0.265 e. The SMILES string of the molecule is O=C(NN1CCCC2CCCCC21)c1ccccc1. The first-order valence-corrected chi connectivity index (χ1v) is 7.47. The van der Waals surface area contributed by atoms with Gasteiger partial charge in [0.1, 0.15) is 0 Å². The van der Waals surface area contributed by atoms with Crippen LogP contribution in [0.4, 0.5) is 0 Å². The largest absolute Gasteiger partial charge is 0.285 e. The summed E-state index contributed by atoms with van der Waals surface area (Å²) in [5.41, 5.74) is 3.88. The van der Waals surface area contributed by atoms with Crippen LogP contribution in [0, 0.1) is 5.92 Å². The molecular formula is C16H22N2O. The number of rotatable bonds is 2. The van der Waals surface area contributed by atoms with E-state index in [1.54, 1.807) is 0 Å². The first-order valence-electron chi connectivity index (χ1n) is 7.47. The van der Waals surface area contributed by atoms with Crippen LogP contribution in [0.5, 0.6) is 0 Å². The van der Waals surface area contributed by atoms with Crippen LogP contribution in [0.25, 0.3) is 0 Å². The number of nitrogens with zero attached hydrogens (tertiary/aromatic N) is 1. The highest BCUT2D eigenvalue weighted by molar-refractivity contribution is 5.93. The van der Waals surface area contributed by atoms with Crippen molar-refractivity contribution in [3.8, 4) is 0 Å². The lowest BCUT2D eigenvalue weighted by molar-refractivity contribution is 0.0179. The van der Waals surface area contributed by atoms with Crippen LogP contribution < -0.4 is 5.43 Å². The molecule has 2 unspecified atom stereocenters. The number of hydrogen-bond donors (Lipinski definition) is 1. The summed E-state index contributed by atoms with van der Waals surface area (Å²) in [4.78, 5) is 12.2. The van der Waals surface area contributed by atoms with Gasteiger partial charge in [0.25, 0.3) is 5.91 Å². The average Bonchev–Trinajstić information content (AvgIpc) is 2.48. The van der Waals surface area contributed by atoms with Gasteiger partial charge in [-0.15, -0.1) is 0 Å². The van der Waals surface area contributed by atoms with Crippen LogP contribution in [-0.4, -0.2) is 23.5 Å². The molecule has 1 saturated heterocycles. The minimum absolute atomic E-state index is 0.0341. The predicted molar refractivity (Wildman–Crippen MR) is 75.6 cm³/mol. The monoisotopic (exact) mass is 258 g/mol. The molecule has 1 heterocycles. The normalized spacial score (nSPS) is 27.6. The third-order valence-electron chi connectivity index (χ3n) is 4.52. The molecule has 1 aliphatic carbocycles. The second kappa shape index (κ2) is 5.74. The van der Waals surface area contributed by atoms with Crippen LogP contribution in [0.2, 0.25) is 0 Å². The van der Waals surface area contributed by atoms with E-state index < -0.39 is 0 Å². The van der Waals surface area contributed by atoms with E-state index in [0.717, 1.165) is 18.0 Å². The number of nitrogens with one attached hydrogen (secondary N) is 1. The van der Waals surface area contributed by atoms with Gasteiger partial charge in [-0.3, -0.25) is 10.2 Å². The Labute approximate surface area is 115 Å². The fourth-order valence-corrected chi connectivity index (χ4v) is 3.55. The van der Waals surface area contributed by atoms with Crippen molar-refractivity contribution in [2.24, 2.45) is 5.92 Å². The van der Waals surface area contributed by atoms with Gasteiger partial charge in [0.2, 0.25) is 0 Å². The van der Waals surface area contributed by atoms with Gasteiger partial charge in [-0.1, -0.05) is 31.0 Å². The molecule has 1 aromatic carbocycles. The summed E-state index contributed by atoms with van der Waals surface area (Å²) < 4.78 is 0. The predicted octanol–water partition coefficient (Wildman–Crippen LogP) is 2.99. The minimum atomic E-state index is 0.0341. The van der Waals surface area contributed by atoms with Gasteiger partial charge in [-0.05, 0) is 43.7 Å². The smallest absolute Gasteiger partial charge is 0.265 e. The molecule has 2 aliphatic rings. The summed E-state index contributed by atoms with van der Waals surface area (Å²) in [6, 6.07) is 10.1. The van der Waals surface area contributed by atoms with Crippen molar-refractivity contribution in [2.75, 3.05) is 6.54 Å². The fourth-order valence-electron chi connectivity index (χ4n) is 3.55. The summed E-state index contributed by atoms with van der Waals surface area (Å²) in [6.07, 6.45) is 7.78. The van der Waals surface area contributed by atoms with E-state index >= 15 is 0 Å². The van der Waals surface area contributed by atoms with E-state index in [1.807, 2.05) is 30.3 Å². The number of hydrogen-bond acceptors (Lipinski definition) is 2. The molecule has 1 aliphatic heterocycles. The molecule has 0 bridgehead atoms. The molecule has 0 spiro atoms. The highest BCUT2D eigenvalue weighted by atomic mass is 16.2. The highest BCUT2D eigenvalue weighted by Crippen LogP contribution is 2.34. The lowest BCUT2D eigenvalue weighted by Crippen LogP contribution is -2.55. The molecule has 1 amide bonds. The van der Waals surface area contributed by atoms with Crippen molar-refractivity contribution in [1.82, 2.24) is 10.4 Å². The van der Waals surface area contributed by atoms with Crippen molar-refractivity contribution in [3.63, 3.8) is 0 Å². The van der Waals surface area contributed by atoms with Gasteiger partial charge < -0.3 is 0 Å². The Hall–Kier alpha value is -1.35. The summed E-state index contributed by atoms with van der Waals surface area (Å²) in [5.74, 6) is 0.824. The molecule has 102 valence electrons. The molecule has 19 heavy (non-hydrogen) atoms. The molecule has 0 radical (unpaired) electrons. The van der Waals surface area contributed by atoms with Gasteiger partial charge >= 0.3 is 0 Å². The Morgan fingerprint density at radius 2 is 1.79 bits per heavy atom.